The fourth-order valence-electron chi connectivity index (χ4n) is 3.69. The van der Waals surface area contributed by atoms with Crippen molar-refractivity contribution in [2.75, 3.05) is 6.61 Å². The van der Waals surface area contributed by atoms with Gasteiger partial charge in [-0.3, -0.25) is 4.79 Å². The molecule has 0 spiro atoms. The molecule has 0 aromatic heterocycles. The smallest absolute Gasteiger partial charge is 0.310 e. The molecule has 0 heterocycles. The average Bonchev–Trinajstić information content (AvgIpc) is 2.62. The van der Waals surface area contributed by atoms with Crippen molar-refractivity contribution >= 4 is 5.97 Å². The lowest BCUT2D eigenvalue weighted by molar-refractivity contribution is -0.143. The molecule has 2 rings (SSSR count). The second-order valence-electron chi connectivity index (χ2n) is 7.25. The van der Waals surface area contributed by atoms with Crippen LogP contribution in [0.5, 0.6) is 0 Å². The van der Waals surface area contributed by atoms with Gasteiger partial charge in [-0.15, -0.1) is 0 Å². The van der Waals surface area contributed by atoms with Gasteiger partial charge in [-0.2, -0.15) is 0 Å². The van der Waals surface area contributed by atoms with Gasteiger partial charge in [-0.1, -0.05) is 57.4 Å². The Balaban J connectivity index is 1.90. The molecule has 134 valence electrons. The van der Waals surface area contributed by atoms with Crippen LogP contribution in [0.3, 0.4) is 0 Å². The predicted octanol–water partition coefficient (Wildman–Crippen LogP) is 4.73. The van der Waals surface area contributed by atoms with Crippen LogP contribution in [0.1, 0.15) is 82.3 Å². The van der Waals surface area contributed by atoms with Crippen molar-refractivity contribution in [1.29, 1.82) is 0 Å². The molecule has 1 fully saturated rings. The summed E-state index contributed by atoms with van der Waals surface area (Å²) in [6.07, 6.45) is 9.36. The molecule has 0 aliphatic heterocycles. The fraction of sp³-hybridized carbons (Fsp3) is 0.667. The number of ether oxygens (including phenoxy) is 1. The van der Waals surface area contributed by atoms with Gasteiger partial charge in [0.2, 0.25) is 0 Å². The molecule has 24 heavy (non-hydrogen) atoms. The minimum atomic E-state index is -0.208. The summed E-state index contributed by atoms with van der Waals surface area (Å²) in [5, 5.41) is 0. The molecule has 2 N–H and O–H groups in total. The van der Waals surface area contributed by atoms with Crippen LogP contribution in [0.2, 0.25) is 0 Å². The van der Waals surface area contributed by atoms with Crippen molar-refractivity contribution < 1.29 is 9.53 Å². The van der Waals surface area contributed by atoms with Crippen LogP contribution >= 0.6 is 0 Å². The number of esters is 1. The molecule has 0 saturated heterocycles. The Morgan fingerprint density at radius 2 is 1.83 bits per heavy atom. The summed E-state index contributed by atoms with van der Waals surface area (Å²) in [5.74, 6) is 0.479. The molecule has 1 aromatic rings. The van der Waals surface area contributed by atoms with Crippen molar-refractivity contribution in [3.8, 4) is 0 Å². The van der Waals surface area contributed by atoms with Crippen LogP contribution in [-0.4, -0.2) is 18.1 Å². The van der Waals surface area contributed by atoms with Crippen molar-refractivity contribution in [3.05, 3.63) is 35.4 Å². The minimum Gasteiger partial charge on any atom is -0.465 e. The Labute approximate surface area is 147 Å². The third-order valence-electron chi connectivity index (χ3n) is 5.71. The molecule has 3 heteroatoms. The molecule has 0 radical (unpaired) electrons. The van der Waals surface area contributed by atoms with E-state index in [2.05, 4.69) is 32.0 Å². The lowest BCUT2D eigenvalue weighted by atomic mass is 9.81. The third kappa shape index (κ3) is 5.34. The Bertz CT molecular complexity index is 516. The highest BCUT2D eigenvalue weighted by Crippen LogP contribution is 2.34. The van der Waals surface area contributed by atoms with E-state index >= 15 is 0 Å². The van der Waals surface area contributed by atoms with Gasteiger partial charge in [-0.05, 0) is 49.1 Å². The summed E-state index contributed by atoms with van der Waals surface area (Å²) in [6.45, 7) is 4.60. The fourth-order valence-corrected chi connectivity index (χ4v) is 3.69. The lowest BCUT2D eigenvalue weighted by Gasteiger charge is -2.26. The van der Waals surface area contributed by atoms with Crippen LogP contribution in [0.4, 0.5) is 0 Å². The zero-order valence-electron chi connectivity index (χ0n) is 15.4. The van der Waals surface area contributed by atoms with E-state index in [0.717, 1.165) is 24.8 Å². The third-order valence-corrected chi connectivity index (χ3v) is 5.71. The van der Waals surface area contributed by atoms with Crippen molar-refractivity contribution in [2.24, 2.45) is 5.73 Å². The largest absolute Gasteiger partial charge is 0.465 e. The quantitative estimate of drug-likeness (QED) is 0.701. The van der Waals surface area contributed by atoms with Gasteiger partial charge in [0, 0.05) is 5.54 Å². The number of hydrogen-bond donors (Lipinski definition) is 1. The normalized spacial score (nSPS) is 16.1. The summed E-state index contributed by atoms with van der Waals surface area (Å²) < 4.78 is 5.47. The van der Waals surface area contributed by atoms with E-state index in [-0.39, 0.29) is 11.5 Å². The van der Waals surface area contributed by atoms with Crippen molar-refractivity contribution in [3.63, 3.8) is 0 Å². The van der Waals surface area contributed by atoms with E-state index in [1.54, 1.807) is 0 Å². The van der Waals surface area contributed by atoms with Crippen LogP contribution in [0.25, 0.3) is 0 Å². The molecular formula is C21H33NO2. The topological polar surface area (TPSA) is 52.3 Å². The van der Waals surface area contributed by atoms with E-state index in [1.807, 2.05) is 6.07 Å². The molecule has 0 bridgehead atoms. The molecule has 0 amide bonds. The monoisotopic (exact) mass is 331 g/mol. The number of carbonyl (C=O) groups excluding carboxylic acids is 1. The Hall–Kier alpha value is -1.35. The first kappa shape index (κ1) is 19.0. The Morgan fingerprint density at radius 3 is 2.50 bits per heavy atom. The molecule has 3 nitrogen and oxygen atoms in total. The maximum Gasteiger partial charge on any atom is 0.310 e. The van der Waals surface area contributed by atoms with Gasteiger partial charge in [0.25, 0.3) is 0 Å². The van der Waals surface area contributed by atoms with E-state index in [1.165, 1.54) is 37.7 Å². The van der Waals surface area contributed by atoms with Gasteiger partial charge >= 0.3 is 5.97 Å². The van der Waals surface area contributed by atoms with Gasteiger partial charge in [-0.25, -0.2) is 0 Å². The Kier molecular flexibility index (Phi) is 7.29. The van der Waals surface area contributed by atoms with Gasteiger partial charge in [0.15, 0.2) is 0 Å². The number of rotatable bonds is 8. The maximum atomic E-state index is 12.2. The standard InChI is InChI=1S/C21H33NO2/c1-3-21(22,4-2)14-15-24-20(23)16-18-12-8-9-13-19(18)17-10-6-5-7-11-17/h8-9,12-13,17H,3-7,10-11,14-16,22H2,1-2H3. The molecule has 1 aliphatic rings. The Morgan fingerprint density at radius 1 is 1.17 bits per heavy atom. The zero-order valence-corrected chi connectivity index (χ0v) is 15.4. The summed E-state index contributed by atoms with van der Waals surface area (Å²) in [5.41, 5.74) is 8.55. The minimum absolute atomic E-state index is 0.132. The average molecular weight is 332 g/mol. The van der Waals surface area contributed by atoms with Gasteiger partial charge < -0.3 is 10.5 Å². The van der Waals surface area contributed by atoms with Crippen LogP contribution in [0, 0.1) is 0 Å². The van der Waals surface area contributed by atoms with E-state index in [0.29, 0.717) is 18.9 Å². The van der Waals surface area contributed by atoms with Gasteiger partial charge in [0.05, 0.1) is 13.0 Å². The summed E-state index contributed by atoms with van der Waals surface area (Å²) >= 11 is 0. The number of carbonyl (C=O) groups is 1. The summed E-state index contributed by atoms with van der Waals surface area (Å²) in [7, 11) is 0. The number of nitrogens with two attached hydrogens (primary N) is 1. The van der Waals surface area contributed by atoms with Crippen molar-refractivity contribution in [1.82, 2.24) is 0 Å². The molecule has 1 aromatic carbocycles. The zero-order chi connectivity index (χ0) is 17.4. The predicted molar refractivity (Wildman–Crippen MR) is 99.0 cm³/mol. The van der Waals surface area contributed by atoms with E-state index in [9.17, 15) is 4.79 Å². The number of hydrogen-bond acceptors (Lipinski definition) is 3. The first-order valence-corrected chi connectivity index (χ1v) is 9.60. The van der Waals surface area contributed by atoms with E-state index in [4.69, 9.17) is 10.5 Å². The summed E-state index contributed by atoms with van der Waals surface area (Å²) in [4.78, 5) is 12.2. The molecule has 0 atom stereocenters. The van der Waals surface area contributed by atoms with Gasteiger partial charge in [0.1, 0.15) is 0 Å². The van der Waals surface area contributed by atoms with Crippen molar-refractivity contribution in [2.45, 2.75) is 83.1 Å². The molecule has 1 saturated carbocycles. The number of benzene rings is 1. The second-order valence-corrected chi connectivity index (χ2v) is 7.25. The highest BCUT2D eigenvalue weighted by molar-refractivity contribution is 5.73. The highest BCUT2D eigenvalue weighted by Gasteiger charge is 2.22. The lowest BCUT2D eigenvalue weighted by Crippen LogP contribution is -2.39. The summed E-state index contributed by atoms with van der Waals surface area (Å²) in [6, 6.07) is 8.38. The first-order chi connectivity index (χ1) is 11.6. The maximum absolute atomic E-state index is 12.2. The van der Waals surface area contributed by atoms with Crippen LogP contribution in [-0.2, 0) is 16.0 Å². The first-order valence-electron chi connectivity index (χ1n) is 9.60. The highest BCUT2D eigenvalue weighted by atomic mass is 16.5. The van der Waals surface area contributed by atoms with Crippen LogP contribution in [0.15, 0.2) is 24.3 Å². The molecular weight excluding hydrogens is 298 g/mol. The SMILES string of the molecule is CCC(N)(CC)CCOC(=O)Cc1ccccc1C1CCCCC1. The van der Waals surface area contributed by atoms with Crippen LogP contribution < -0.4 is 5.73 Å². The molecule has 1 aliphatic carbocycles. The molecule has 0 unspecified atom stereocenters. The van der Waals surface area contributed by atoms with E-state index < -0.39 is 0 Å². The second kappa shape index (κ2) is 9.22.